The van der Waals surface area contributed by atoms with Gasteiger partial charge in [0.25, 0.3) is 11.5 Å². The number of carbonyl (C=O) groups excluding carboxylic acids is 1. The lowest BCUT2D eigenvalue weighted by Crippen LogP contribution is -2.42. The molecule has 0 bridgehead atoms. The molecule has 160 valence electrons. The van der Waals surface area contributed by atoms with Gasteiger partial charge in [0, 0.05) is 18.3 Å². The van der Waals surface area contributed by atoms with Crippen LogP contribution < -0.4 is 16.6 Å². The number of amides is 1. The summed E-state index contributed by atoms with van der Waals surface area (Å²) in [5, 5.41) is 13.1. The molecule has 0 spiro atoms. The number of nitrogen functional groups attached to an aromatic ring is 1. The first-order valence-corrected chi connectivity index (χ1v) is 9.84. The lowest BCUT2D eigenvalue weighted by Gasteiger charge is -2.32. The molecule has 3 heterocycles. The van der Waals surface area contributed by atoms with E-state index in [9.17, 15) is 14.7 Å². The summed E-state index contributed by atoms with van der Waals surface area (Å²) in [5.41, 5.74) is 6.41. The van der Waals surface area contributed by atoms with Gasteiger partial charge >= 0.3 is 0 Å². The van der Waals surface area contributed by atoms with E-state index in [1.807, 2.05) is 30.3 Å². The number of hydrogen-bond donors (Lipinski definition) is 3. The van der Waals surface area contributed by atoms with E-state index in [0.29, 0.717) is 18.2 Å². The normalized spacial score (nSPS) is 14.6. The molecule has 3 aromatic rings. The van der Waals surface area contributed by atoms with Crippen LogP contribution in [-0.4, -0.2) is 32.2 Å². The van der Waals surface area contributed by atoms with Crippen molar-refractivity contribution >= 4 is 11.7 Å². The van der Waals surface area contributed by atoms with Gasteiger partial charge in [-0.2, -0.15) is 0 Å². The molecule has 9 nitrogen and oxygen atoms in total. The van der Waals surface area contributed by atoms with Crippen molar-refractivity contribution in [2.45, 2.75) is 32.5 Å². The number of nitrogens with two attached hydrogens (primary N) is 1. The molecule has 31 heavy (non-hydrogen) atoms. The van der Waals surface area contributed by atoms with E-state index < -0.39 is 22.8 Å². The predicted octanol–water partition coefficient (Wildman–Crippen LogP) is 1.79. The molecule has 0 fully saturated rings. The Bertz CT molecular complexity index is 1200. The standard InChI is InChI=1S/C22H23N5O4/c1-22(2)21-26-17(18(28)20(30)27(21)9-10-31-22)19(29)25-12-13-5-3-4-6-15(13)14-7-8-16(23)24-11-14/h3-8,11,28H,9-10,12H2,1-2H3,(H2,23,24)(H,25,29). The maximum Gasteiger partial charge on any atom is 0.296 e. The fourth-order valence-corrected chi connectivity index (χ4v) is 3.61. The Kier molecular flexibility index (Phi) is 5.20. The first-order valence-electron chi connectivity index (χ1n) is 9.84. The number of pyridine rings is 1. The third-order valence-electron chi connectivity index (χ3n) is 5.23. The quantitative estimate of drug-likeness (QED) is 0.585. The second-order valence-corrected chi connectivity index (χ2v) is 7.76. The van der Waals surface area contributed by atoms with E-state index in [1.165, 1.54) is 4.57 Å². The molecule has 0 radical (unpaired) electrons. The number of hydrogen-bond acceptors (Lipinski definition) is 7. The third kappa shape index (κ3) is 3.87. The van der Waals surface area contributed by atoms with Crippen LogP contribution in [0.5, 0.6) is 5.75 Å². The van der Waals surface area contributed by atoms with Crippen molar-refractivity contribution in [3.05, 3.63) is 70.0 Å². The monoisotopic (exact) mass is 421 g/mol. The SMILES string of the molecule is CC1(C)OCCn2c1nc(C(=O)NCc1ccccc1-c1ccc(N)nc1)c(O)c2=O. The van der Waals surface area contributed by atoms with Gasteiger partial charge in [-0.25, -0.2) is 9.97 Å². The summed E-state index contributed by atoms with van der Waals surface area (Å²) in [6.07, 6.45) is 1.66. The van der Waals surface area contributed by atoms with Crippen LogP contribution >= 0.6 is 0 Å². The summed E-state index contributed by atoms with van der Waals surface area (Å²) >= 11 is 0. The maximum absolute atomic E-state index is 12.8. The van der Waals surface area contributed by atoms with Gasteiger partial charge < -0.3 is 20.9 Å². The van der Waals surface area contributed by atoms with E-state index in [4.69, 9.17) is 10.5 Å². The van der Waals surface area contributed by atoms with Gasteiger partial charge in [-0.15, -0.1) is 0 Å². The predicted molar refractivity (Wildman–Crippen MR) is 114 cm³/mol. The molecule has 1 amide bonds. The number of nitrogens with one attached hydrogen (secondary N) is 1. The molecule has 0 aliphatic carbocycles. The molecule has 2 aromatic heterocycles. The number of aromatic nitrogens is 3. The fraction of sp³-hybridized carbons (Fsp3) is 0.273. The minimum Gasteiger partial charge on any atom is -0.501 e. The zero-order valence-corrected chi connectivity index (χ0v) is 17.3. The van der Waals surface area contributed by atoms with Crippen molar-refractivity contribution in [3.8, 4) is 16.9 Å². The second kappa shape index (κ2) is 7.84. The average molecular weight is 421 g/mol. The minimum atomic E-state index is -0.852. The Labute approximate surface area is 178 Å². The van der Waals surface area contributed by atoms with Crippen LogP contribution in [0.15, 0.2) is 47.4 Å². The van der Waals surface area contributed by atoms with Crippen LogP contribution in [0.25, 0.3) is 11.1 Å². The lowest BCUT2D eigenvalue weighted by atomic mass is 10.0. The Hall–Kier alpha value is -3.72. The first-order chi connectivity index (χ1) is 14.8. The summed E-state index contributed by atoms with van der Waals surface area (Å²) in [6, 6.07) is 11.1. The number of rotatable bonds is 4. The van der Waals surface area contributed by atoms with Crippen molar-refractivity contribution in [2.24, 2.45) is 0 Å². The summed E-state index contributed by atoms with van der Waals surface area (Å²) in [5.74, 6) is -0.596. The van der Waals surface area contributed by atoms with E-state index in [-0.39, 0.29) is 18.8 Å². The van der Waals surface area contributed by atoms with E-state index >= 15 is 0 Å². The number of carbonyl (C=O) groups is 1. The summed E-state index contributed by atoms with van der Waals surface area (Å²) in [6.45, 7) is 4.28. The third-order valence-corrected chi connectivity index (χ3v) is 5.23. The largest absolute Gasteiger partial charge is 0.501 e. The fourth-order valence-electron chi connectivity index (χ4n) is 3.61. The van der Waals surface area contributed by atoms with Gasteiger partial charge in [0.15, 0.2) is 5.69 Å². The number of fused-ring (bicyclic) bond motifs is 1. The second-order valence-electron chi connectivity index (χ2n) is 7.76. The number of anilines is 1. The van der Waals surface area contributed by atoms with Crippen molar-refractivity contribution in [2.75, 3.05) is 12.3 Å². The smallest absolute Gasteiger partial charge is 0.296 e. The molecule has 1 aliphatic heterocycles. The molecular formula is C22H23N5O4. The number of nitrogens with zero attached hydrogens (tertiary/aromatic N) is 3. The Morgan fingerprint density at radius 1 is 1.29 bits per heavy atom. The average Bonchev–Trinajstić information content (AvgIpc) is 2.75. The molecule has 0 atom stereocenters. The number of aromatic hydroxyl groups is 1. The van der Waals surface area contributed by atoms with Crippen LogP contribution in [0.2, 0.25) is 0 Å². The van der Waals surface area contributed by atoms with Crippen molar-refractivity contribution in [1.82, 2.24) is 19.9 Å². The van der Waals surface area contributed by atoms with Gasteiger partial charge in [0.2, 0.25) is 5.75 Å². The molecule has 0 saturated heterocycles. The Balaban J connectivity index is 1.62. The van der Waals surface area contributed by atoms with Crippen molar-refractivity contribution < 1.29 is 14.6 Å². The first kappa shape index (κ1) is 20.5. The minimum absolute atomic E-state index is 0.165. The number of benzene rings is 1. The van der Waals surface area contributed by atoms with Crippen molar-refractivity contribution in [3.63, 3.8) is 0 Å². The zero-order valence-electron chi connectivity index (χ0n) is 17.3. The Morgan fingerprint density at radius 2 is 2.06 bits per heavy atom. The highest BCUT2D eigenvalue weighted by Crippen LogP contribution is 2.27. The molecule has 1 aliphatic rings. The molecule has 4 N–H and O–H groups in total. The summed E-state index contributed by atoms with van der Waals surface area (Å²) in [7, 11) is 0. The van der Waals surface area contributed by atoms with Gasteiger partial charge in [0.05, 0.1) is 13.2 Å². The Morgan fingerprint density at radius 3 is 2.81 bits per heavy atom. The molecule has 9 heteroatoms. The molecule has 4 rings (SSSR count). The van der Waals surface area contributed by atoms with Crippen LogP contribution in [0.3, 0.4) is 0 Å². The van der Waals surface area contributed by atoms with Crippen molar-refractivity contribution in [1.29, 1.82) is 0 Å². The summed E-state index contributed by atoms with van der Waals surface area (Å²) in [4.78, 5) is 33.8. The van der Waals surface area contributed by atoms with Crippen LogP contribution in [0.4, 0.5) is 5.82 Å². The van der Waals surface area contributed by atoms with E-state index in [2.05, 4.69) is 15.3 Å². The van der Waals surface area contributed by atoms with Crippen LogP contribution in [0.1, 0.15) is 35.7 Å². The zero-order chi connectivity index (χ0) is 22.2. The highest BCUT2D eigenvalue weighted by Gasteiger charge is 2.34. The molecule has 0 saturated carbocycles. The van der Waals surface area contributed by atoms with Crippen LogP contribution in [-0.2, 0) is 23.4 Å². The van der Waals surface area contributed by atoms with Crippen LogP contribution in [0, 0.1) is 0 Å². The van der Waals surface area contributed by atoms with Gasteiger partial charge in [0.1, 0.15) is 17.2 Å². The molecular weight excluding hydrogens is 398 g/mol. The van der Waals surface area contributed by atoms with E-state index in [0.717, 1.165) is 16.7 Å². The molecule has 1 aromatic carbocycles. The van der Waals surface area contributed by atoms with Gasteiger partial charge in [-0.05, 0) is 37.1 Å². The van der Waals surface area contributed by atoms with Gasteiger partial charge in [-0.3, -0.25) is 14.2 Å². The highest BCUT2D eigenvalue weighted by atomic mass is 16.5. The number of ether oxygens (including phenoxy) is 1. The van der Waals surface area contributed by atoms with Gasteiger partial charge in [-0.1, -0.05) is 24.3 Å². The topological polar surface area (TPSA) is 132 Å². The van der Waals surface area contributed by atoms with E-state index in [1.54, 1.807) is 26.1 Å². The summed E-state index contributed by atoms with van der Waals surface area (Å²) < 4.78 is 7.02. The maximum atomic E-state index is 12.8. The lowest BCUT2D eigenvalue weighted by molar-refractivity contribution is -0.0566. The highest BCUT2D eigenvalue weighted by molar-refractivity contribution is 5.94. The molecule has 0 unspecified atom stereocenters.